The van der Waals surface area contributed by atoms with E-state index in [0.717, 1.165) is 21.7 Å². The monoisotopic (exact) mass is 373 g/mol. The van der Waals surface area contributed by atoms with Crippen molar-refractivity contribution in [2.24, 2.45) is 0 Å². The van der Waals surface area contributed by atoms with Crippen molar-refractivity contribution in [2.45, 2.75) is 12.3 Å². The first-order valence-electron chi connectivity index (χ1n) is 8.85. The number of benzene rings is 3. The lowest BCUT2D eigenvalue weighted by molar-refractivity contribution is -0.116. The van der Waals surface area contributed by atoms with E-state index in [4.69, 9.17) is 0 Å². The molecule has 1 N–H and O–H groups in total. The van der Waals surface area contributed by atoms with Crippen molar-refractivity contribution in [3.63, 3.8) is 0 Å². The van der Waals surface area contributed by atoms with Crippen molar-refractivity contribution in [3.05, 3.63) is 88.4 Å². The van der Waals surface area contributed by atoms with E-state index in [1.54, 1.807) is 23.5 Å². The molecule has 0 saturated carbocycles. The van der Waals surface area contributed by atoms with Crippen molar-refractivity contribution >= 4 is 33.7 Å². The highest BCUT2D eigenvalue weighted by Gasteiger charge is 2.31. The van der Waals surface area contributed by atoms with Gasteiger partial charge in [0.15, 0.2) is 0 Å². The molecule has 1 atom stereocenters. The maximum atomic E-state index is 13.3. The third-order valence-corrected chi connectivity index (χ3v) is 6.24. The van der Waals surface area contributed by atoms with Gasteiger partial charge >= 0.3 is 0 Å². The first-order valence-corrected chi connectivity index (χ1v) is 9.73. The number of fused-ring (bicyclic) bond motifs is 2. The average molecular weight is 373 g/mol. The second-order valence-electron chi connectivity index (χ2n) is 6.77. The van der Waals surface area contributed by atoms with E-state index in [2.05, 4.69) is 41.0 Å². The number of amides is 1. The molecule has 3 aromatic carbocycles. The number of carbonyl (C=O) groups excluding carboxylic acids is 1. The third-order valence-electron chi connectivity index (χ3n) is 5.14. The van der Waals surface area contributed by atoms with Crippen LogP contribution >= 0.6 is 11.3 Å². The summed E-state index contributed by atoms with van der Waals surface area (Å²) in [6.45, 7) is 0. The standard InChI is InChI=1S/C23H16FNOS/c24-16-10-8-15(9-11-16)20-13-27-23-19(12-21(26)25-22(20)23)18-7-3-5-14-4-1-2-6-17(14)18/h1-11,13,19H,12H2,(H,25,26)/t19-/m1/s1. The summed E-state index contributed by atoms with van der Waals surface area (Å²) < 4.78 is 13.3. The molecule has 0 radical (unpaired) electrons. The molecule has 27 heavy (non-hydrogen) atoms. The number of rotatable bonds is 2. The molecule has 132 valence electrons. The zero-order chi connectivity index (χ0) is 18.4. The van der Waals surface area contributed by atoms with Gasteiger partial charge in [-0.25, -0.2) is 4.39 Å². The number of anilines is 1. The molecule has 0 unspecified atom stereocenters. The van der Waals surface area contributed by atoms with Gasteiger partial charge in [0, 0.05) is 28.2 Å². The van der Waals surface area contributed by atoms with E-state index in [0.29, 0.717) is 6.42 Å². The van der Waals surface area contributed by atoms with Crippen LogP contribution in [0.4, 0.5) is 10.1 Å². The van der Waals surface area contributed by atoms with Gasteiger partial charge in [0.1, 0.15) is 5.82 Å². The summed E-state index contributed by atoms with van der Waals surface area (Å²) in [4.78, 5) is 13.7. The van der Waals surface area contributed by atoms with Gasteiger partial charge in [0.2, 0.25) is 5.91 Å². The number of halogens is 1. The van der Waals surface area contributed by atoms with E-state index < -0.39 is 0 Å². The Hall–Kier alpha value is -2.98. The summed E-state index contributed by atoms with van der Waals surface area (Å²) in [6.07, 6.45) is 0.435. The van der Waals surface area contributed by atoms with Gasteiger partial charge in [0.25, 0.3) is 0 Å². The predicted octanol–water partition coefficient (Wildman–Crippen LogP) is 6.18. The van der Waals surface area contributed by atoms with Crippen molar-refractivity contribution in [1.29, 1.82) is 0 Å². The van der Waals surface area contributed by atoms with Gasteiger partial charge < -0.3 is 5.32 Å². The van der Waals surface area contributed by atoms with Crippen LogP contribution in [0.5, 0.6) is 0 Å². The Balaban J connectivity index is 1.67. The summed E-state index contributed by atoms with van der Waals surface area (Å²) in [7, 11) is 0. The lowest BCUT2D eigenvalue weighted by atomic mass is 9.86. The molecule has 0 bridgehead atoms. The number of thiophene rings is 1. The van der Waals surface area contributed by atoms with E-state index in [1.807, 2.05) is 12.1 Å². The fourth-order valence-corrected chi connectivity index (χ4v) is 5.03. The predicted molar refractivity (Wildman–Crippen MR) is 109 cm³/mol. The molecule has 5 rings (SSSR count). The minimum absolute atomic E-state index is 0.0159. The molecule has 2 nitrogen and oxygen atoms in total. The molecule has 0 spiro atoms. The van der Waals surface area contributed by atoms with E-state index in [1.165, 1.54) is 28.5 Å². The normalized spacial score (nSPS) is 16.2. The van der Waals surface area contributed by atoms with Gasteiger partial charge in [0.05, 0.1) is 5.69 Å². The zero-order valence-electron chi connectivity index (χ0n) is 14.4. The van der Waals surface area contributed by atoms with Crippen LogP contribution in [0.1, 0.15) is 22.8 Å². The average Bonchev–Trinajstić information content (AvgIpc) is 3.11. The first-order chi connectivity index (χ1) is 13.2. The van der Waals surface area contributed by atoms with Crippen LogP contribution < -0.4 is 5.32 Å². The Kier molecular flexibility index (Phi) is 3.80. The quantitative estimate of drug-likeness (QED) is 0.446. The third kappa shape index (κ3) is 2.73. The molecular formula is C23H16FNOS. The first kappa shape index (κ1) is 16.2. The number of hydrogen-bond donors (Lipinski definition) is 1. The Bertz CT molecular complexity index is 1160. The lowest BCUT2D eigenvalue weighted by Gasteiger charge is -2.25. The Morgan fingerprint density at radius 1 is 0.963 bits per heavy atom. The van der Waals surface area contributed by atoms with Crippen molar-refractivity contribution in [2.75, 3.05) is 5.32 Å². The van der Waals surface area contributed by atoms with Crippen molar-refractivity contribution in [3.8, 4) is 11.1 Å². The van der Waals surface area contributed by atoms with Gasteiger partial charge in [-0.05, 0) is 34.0 Å². The molecule has 4 aromatic rings. The van der Waals surface area contributed by atoms with Crippen LogP contribution in [-0.4, -0.2) is 5.91 Å². The smallest absolute Gasteiger partial charge is 0.225 e. The van der Waals surface area contributed by atoms with Crippen LogP contribution in [-0.2, 0) is 4.79 Å². The number of hydrogen-bond acceptors (Lipinski definition) is 2. The molecule has 1 amide bonds. The highest BCUT2D eigenvalue weighted by Crippen LogP contribution is 2.47. The molecule has 0 saturated heterocycles. The van der Waals surface area contributed by atoms with Crippen molar-refractivity contribution < 1.29 is 9.18 Å². The summed E-state index contributed by atoms with van der Waals surface area (Å²) in [5, 5.41) is 7.47. The van der Waals surface area contributed by atoms with Crippen LogP contribution in [0, 0.1) is 5.82 Å². The van der Waals surface area contributed by atoms with Crippen LogP contribution in [0.2, 0.25) is 0 Å². The molecule has 4 heteroatoms. The van der Waals surface area contributed by atoms with Crippen LogP contribution in [0.3, 0.4) is 0 Å². The van der Waals surface area contributed by atoms with Gasteiger partial charge in [-0.2, -0.15) is 0 Å². The van der Waals surface area contributed by atoms with Gasteiger partial charge in [-0.3, -0.25) is 4.79 Å². The van der Waals surface area contributed by atoms with Gasteiger partial charge in [-0.15, -0.1) is 11.3 Å². The summed E-state index contributed by atoms with van der Waals surface area (Å²) >= 11 is 1.66. The summed E-state index contributed by atoms with van der Waals surface area (Å²) in [5.41, 5.74) is 3.90. The Morgan fingerprint density at radius 3 is 2.59 bits per heavy atom. The molecular weight excluding hydrogens is 357 g/mol. The summed E-state index contributed by atoms with van der Waals surface area (Å²) in [6, 6.07) is 21.0. The fraction of sp³-hybridized carbons (Fsp3) is 0.0870. The van der Waals surface area contributed by atoms with Crippen LogP contribution in [0.15, 0.2) is 72.1 Å². The maximum Gasteiger partial charge on any atom is 0.225 e. The molecule has 1 aliphatic rings. The molecule has 2 heterocycles. The largest absolute Gasteiger partial charge is 0.325 e. The maximum absolute atomic E-state index is 13.3. The zero-order valence-corrected chi connectivity index (χ0v) is 15.2. The second-order valence-corrected chi connectivity index (χ2v) is 7.68. The summed E-state index contributed by atoms with van der Waals surface area (Å²) in [5.74, 6) is -0.221. The Morgan fingerprint density at radius 2 is 1.74 bits per heavy atom. The van der Waals surface area contributed by atoms with Gasteiger partial charge in [-0.1, -0.05) is 54.6 Å². The number of carbonyl (C=O) groups is 1. The van der Waals surface area contributed by atoms with Crippen LogP contribution in [0.25, 0.3) is 21.9 Å². The Labute approximate surface area is 160 Å². The molecule has 0 aliphatic carbocycles. The minimum atomic E-state index is -0.263. The van der Waals surface area contributed by atoms with Crippen molar-refractivity contribution in [1.82, 2.24) is 0 Å². The molecule has 1 aromatic heterocycles. The highest BCUT2D eigenvalue weighted by atomic mass is 32.1. The highest BCUT2D eigenvalue weighted by molar-refractivity contribution is 7.11. The lowest BCUT2D eigenvalue weighted by Crippen LogP contribution is -2.22. The second kappa shape index (κ2) is 6.32. The molecule has 1 aliphatic heterocycles. The fourth-order valence-electron chi connectivity index (χ4n) is 3.87. The molecule has 0 fully saturated rings. The topological polar surface area (TPSA) is 29.1 Å². The van der Waals surface area contributed by atoms with E-state index in [-0.39, 0.29) is 17.6 Å². The van der Waals surface area contributed by atoms with E-state index >= 15 is 0 Å². The SMILES string of the molecule is O=C1C[C@H](c2cccc3ccccc23)c2scc(-c3ccc(F)cc3)c2N1. The number of nitrogens with one attached hydrogen (secondary N) is 1. The minimum Gasteiger partial charge on any atom is -0.325 e. The van der Waals surface area contributed by atoms with E-state index in [9.17, 15) is 9.18 Å².